The molecule has 0 heterocycles. The van der Waals surface area contributed by atoms with Gasteiger partial charge in [-0.25, -0.2) is 0 Å². The molecule has 12 heavy (non-hydrogen) atoms. The van der Waals surface area contributed by atoms with Gasteiger partial charge in [0, 0.05) is 0 Å². The second-order valence-electron chi connectivity index (χ2n) is 2.84. The number of hydrogen-bond donors (Lipinski definition) is 0. The van der Waals surface area contributed by atoms with E-state index in [1.165, 1.54) is 0 Å². The first-order chi connectivity index (χ1) is 5.72. The van der Waals surface area contributed by atoms with E-state index in [9.17, 15) is 0 Å². The van der Waals surface area contributed by atoms with Crippen LogP contribution in [0.1, 0.15) is 0 Å². The molecule has 0 atom stereocenters. The summed E-state index contributed by atoms with van der Waals surface area (Å²) in [5, 5.41) is 0. The monoisotopic (exact) mass is 180 g/mol. The fourth-order valence-electron chi connectivity index (χ4n) is 0.926. The molecule has 1 aromatic carbocycles. The third kappa shape index (κ3) is 2.77. The summed E-state index contributed by atoms with van der Waals surface area (Å²) >= 11 is -0.963. The molecule has 0 aliphatic heterocycles. The zero-order valence-corrected chi connectivity index (χ0v) is 8.86. The van der Waals surface area contributed by atoms with Gasteiger partial charge >= 0.3 is 14.5 Å². The molecule has 2 nitrogen and oxygen atoms in total. The van der Waals surface area contributed by atoms with Crippen molar-refractivity contribution in [3.8, 4) is 11.5 Å². The largest absolute Gasteiger partial charge is 0.643 e. The Morgan fingerprint density at radius 3 is 1.92 bits per heavy atom. The van der Waals surface area contributed by atoms with Crippen molar-refractivity contribution in [2.45, 2.75) is 11.6 Å². The molecular formula is C9H13AlO2. The standard InChI is InChI=1S/C7H8O2.2CH3.Al/c1-9-7-4-2-6(8)3-5-7;;;/h2-5,8H,1H3;2*1H3;/q;;;+1/p-1. The summed E-state index contributed by atoms with van der Waals surface area (Å²) in [6.07, 6.45) is 0. The van der Waals surface area contributed by atoms with Crippen LogP contribution in [-0.4, -0.2) is 21.6 Å². The third-order valence-electron chi connectivity index (χ3n) is 1.43. The molecule has 0 bridgehead atoms. The van der Waals surface area contributed by atoms with Gasteiger partial charge in [0.05, 0.1) is 12.9 Å². The quantitative estimate of drug-likeness (QED) is 0.664. The van der Waals surface area contributed by atoms with Crippen LogP contribution in [0.5, 0.6) is 11.5 Å². The Bertz CT molecular complexity index is 231. The van der Waals surface area contributed by atoms with E-state index in [2.05, 4.69) is 11.6 Å². The zero-order valence-electron chi connectivity index (χ0n) is 7.70. The summed E-state index contributed by atoms with van der Waals surface area (Å²) in [5.74, 6) is 6.10. The van der Waals surface area contributed by atoms with Gasteiger partial charge in [-0.3, -0.25) is 0 Å². The number of benzene rings is 1. The summed E-state index contributed by atoms with van der Waals surface area (Å²) in [4.78, 5) is 0. The van der Waals surface area contributed by atoms with Crippen LogP contribution in [0, 0.1) is 0 Å². The number of hydrogen-bond acceptors (Lipinski definition) is 2. The lowest BCUT2D eigenvalue weighted by Gasteiger charge is -2.08. The van der Waals surface area contributed by atoms with Crippen LogP contribution in [0.4, 0.5) is 0 Å². The van der Waals surface area contributed by atoms with E-state index in [1.54, 1.807) is 7.11 Å². The van der Waals surface area contributed by atoms with Crippen LogP contribution in [0.15, 0.2) is 24.3 Å². The lowest BCUT2D eigenvalue weighted by Crippen LogP contribution is -2.10. The molecular weight excluding hydrogens is 167 g/mol. The maximum atomic E-state index is 5.60. The molecule has 1 rings (SSSR count). The van der Waals surface area contributed by atoms with Crippen molar-refractivity contribution in [3.05, 3.63) is 24.3 Å². The minimum absolute atomic E-state index is 0.868. The van der Waals surface area contributed by atoms with Crippen molar-refractivity contribution in [1.29, 1.82) is 0 Å². The van der Waals surface area contributed by atoms with Gasteiger partial charge in [0.15, 0.2) is 0 Å². The Hall–Kier alpha value is -0.648. The smallest absolute Gasteiger partial charge is 0.539 e. The van der Waals surface area contributed by atoms with Gasteiger partial charge in [-0.1, -0.05) is 11.6 Å². The van der Waals surface area contributed by atoms with Gasteiger partial charge in [-0.05, 0) is 24.3 Å². The Labute approximate surface area is 77.8 Å². The highest BCUT2D eigenvalue weighted by Gasteiger charge is 2.06. The molecule has 0 aliphatic carbocycles. The number of ether oxygens (including phenoxy) is 1. The molecule has 0 N–H and O–H groups in total. The second-order valence-corrected chi connectivity index (χ2v) is 5.18. The molecule has 0 aliphatic rings. The van der Waals surface area contributed by atoms with Gasteiger partial charge in [0.1, 0.15) is 5.75 Å². The highest BCUT2D eigenvalue weighted by molar-refractivity contribution is 6.49. The fraction of sp³-hybridized carbons (Fsp3) is 0.333. The minimum Gasteiger partial charge on any atom is -0.643 e. The molecule has 0 unspecified atom stereocenters. The molecule has 3 heteroatoms. The Morgan fingerprint density at radius 1 is 1.00 bits per heavy atom. The van der Waals surface area contributed by atoms with E-state index in [1.807, 2.05) is 24.3 Å². The highest BCUT2D eigenvalue weighted by atomic mass is 27.2. The van der Waals surface area contributed by atoms with Crippen LogP contribution < -0.4 is 8.53 Å². The van der Waals surface area contributed by atoms with Crippen molar-refractivity contribution in [2.24, 2.45) is 0 Å². The molecule has 0 fully saturated rings. The second kappa shape index (κ2) is 4.40. The molecule has 64 valence electrons. The summed E-state index contributed by atoms with van der Waals surface area (Å²) in [5.41, 5.74) is 0. The predicted molar refractivity (Wildman–Crippen MR) is 51.1 cm³/mol. The molecule has 0 aromatic heterocycles. The average Bonchev–Trinajstić information content (AvgIpc) is 2.05. The summed E-state index contributed by atoms with van der Waals surface area (Å²) < 4.78 is 10.6. The molecule has 1 aromatic rings. The van der Waals surface area contributed by atoms with E-state index < -0.39 is 14.5 Å². The van der Waals surface area contributed by atoms with Crippen molar-refractivity contribution in [2.75, 3.05) is 7.11 Å². The number of methoxy groups -OCH3 is 1. The van der Waals surface area contributed by atoms with Crippen molar-refractivity contribution < 1.29 is 8.53 Å². The highest BCUT2D eigenvalue weighted by Crippen LogP contribution is 2.17. The van der Waals surface area contributed by atoms with E-state index in [0.717, 1.165) is 11.5 Å². The molecule has 0 saturated heterocycles. The van der Waals surface area contributed by atoms with E-state index in [4.69, 9.17) is 8.53 Å². The van der Waals surface area contributed by atoms with Crippen LogP contribution in [-0.2, 0) is 0 Å². The predicted octanol–water partition coefficient (Wildman–Crippen LogP) is 2.33. The Balaban J connectivity index is 2.65. The minimum atomic E-state index is -0.963. The maximum absolute atomic E-state index is 5.60. The third-order valence-corrected chi connectivity index (χ3v) is 2.17. The Morgan fingerprint density at radius 2 is 1.50 bits per heavy atom. The normalized spacial score (nSPS) is 9.25. The van der Waals surface area contributed by atoms with E-state index >= 15 is 0 Å². The summed E-state index contributed by atoms with van der Waals surface area (Å²) in [6.45, 7) is 0. The summed E-state index contributed by atoms with van der Waals surface area (Å²) in [7, 11) is 1.66. The average molecular weight is 180 g/mol. The molecule has 0 spiro atoms. The first kappa shape index (κ1) is 9.44. The first-order valence-corrected chi connectivity index (χ1v) is 6.81. The zero-order chi connectivity index (χ0) is 8.97. The Kier molecular flexibility index (Phi) is 3.46. The van der Waals surface area contributed by atoms with Crippen LogP contribution in [0.25, 0.3) is 0 Å². The topological polar surface area (TPSA) is 18.5 Å². The fourth-order valence-corrected chi connectivity index (χ4v) is 1.63. The van der Waals surface area contributed by atoms with Crippen LogP contribution in [0.3, 0.4) is 0 Å². The summed E-state index contributed by atoms with van der Waals surface area (Å²) in [6, 6.07) is 7.69. The van der Waals surface area contributed by atoms with Gasteiger partial charge in [0.25, 0.3) is 0 Å². The lowest BCUT2D eigenvalue weighted by molar-refractivity contribution is 0.414. The first-order valence-electron chi connectivity index (χ1n) is 4.03. The van der Waals surface area contributed by atoms with Gasteiger partial charge < -0.3 is 8.53 Å². The van der Waals surface area contributed by atoms with Crippen LogP contribution in [0.2, 0.25) is 11.6 Å². The van der Waals surface area contributed by atoms with Crippen molar-refractivity contribution in [3.63, 3.8) is 0 Å². The molecule has 0 amide bonds. The van der Waals surface area contributed by atoms with Gasteiger partial charge in [-0.15, -0.1) is 0 Å². The maximum Gasteiger partial charge on any atom is 0.539 e. The van der Waals surface area contributed by atoms with E-state index in [0.29, 0.717) is 0 Å². The van der Waals surface area contributed by atoms with Crippen molar-refractivity contribution >= 4 is 14.5 Å². The van der Waals surface area contributed by atoms with Crippen molar-refractivity contribution in [1.82, 2.24) is 0 Å². The lowest BCUT2D eigenvalue weighted by atomic mass is 10.3. The number of rotatable bonds is 3. The molecule has 0 radical (unpaired) electrons. The molecule has 0 saturated carbocycles. The van der Waals surface area contributed by atoms with Gasteiger partial charge in [0.2, 0.25) is 0 Å². The van der Waals surface area contributed by atoms with E-state index in [-0.39, 0.29) is 0 Å². The SMILES string of the molecule is COc1ccc([O][Al]([CH3])[CH3])cc1. The van der Waals surface area contributed by atoms with Crippen LogP contribution >= 0.6 is 0 Å². The van der Waals surface area contributed by atoms with Gasteiger partial charge in [-0.2, -0.15) is 0 Å².